The highest BCUT2D eigenvalue weighted by Gasteiger charge is 2.19. The summed E-state index contributed by atoms with van der Waals surface area (Å²) < 4.78 is 0. The number of pyridine rings is 1. The van der Waals surface area contributed by atoms with Gasteiger partial charge in [-0.3, -0.25) is 9.59 Å². The molecule has 35 heavy (non-hydrogen) atoms. The first-order chi connectivity index (χ1) is 16.8. The molecule has 0 atom stereocenters. The van der Waals surface area contributed by atoms with Crippen molar-refractivity contribution in [3.05, 3.63) is 75.9 Å². The van der Waals surface area contributed by atoms with E-state index >= 15 is 0 Å². The van der Waals surface area contributed by atoms with Crippen LogP contribution in [-0.2, 0) is 0 Å². The van der Waals surface area contributed by atoms with E-state index in [1.54, 1.807) is 30.3 Å². The number of nitrogens with zero attached hydrogens (tertiary/aromatic N) is 3. The predicted octanol–water partition coefficient (Wildman–Crippen LogP) is 4.74. The Hall–Kier alpha value is -3.33. The molecular formula is C25H25Cl2N5O3. The number of rotatable bonds is 5. The average molecular weight is 514 g/mol. The molecule has 8 nitrogen and oxygen atoms in total. The van der Waals surface area contributed by atoms with Crippen LogP contribution in [0.3, 0.4) is 0 Å². The molecule has 0 radical (unpaired) electrons. The maximum absolute atomic E-state index is 13.0. The number of amides is 2. The first-order valence-corrected chi connectivity index (χ1v) is 11.9. The fraction of sp³-hybridized carbons (Fsp3) is 0.240. The molecule has 1 aliphatic rings. The van der Waals surface area contributed by atoms with Gasteiger partial charge in [0.25, 0.3) is 11.8 Å². The van der Waals surface area contributed by atoms with E-state index in [9.17, 15) is 14.7 Å². The fourth-order valence-electron chi connectivity index (χ4n) is 3.85. The van der Waals surface area contributed by atoms with Gasteiger partial charge in [0.05, 0.1) is 21.8 Å². The summed E-state index contributed by atoms with van der Waals surface area (Å²) in [6.45, 7) is 3.66. The van der Waals surface area contributed by atoms with Gasteiger partial charge in [-0.2, -0.15) is 0 Å². The van der Waals surface area contributed by atoms with E-state index < -0.39 is 11.8 Å². The van der Waals surface area contributed by atoms with Crippen LogP contribution in [0.25, 0.3) is 0 Å². The third kappa shape index (κ3) is 6.22. The van der Waals surface area contributed by atoms with Gasteiger partial charge in [-0.1, -0.05) is 23.2 Å². The van der Waals surface area contributed by atoms with Crippen LogP contribution in [0, 0.1) is 0 Å². The number of benzene rings is 2. The van der Waals surface area contributed by atoms with Crippen molar-refractivity contribution in [3.8, 4) is 5.75 Å². The van der Waals surface area contributed by atoms with Crippen LogP contribution in [0.1, 0.15) is 27.1 Å². The Morgan fingerprint density at radius 2 is 1.66 bits per heavy atom. The number of likely N-dealkylation sites (N-methyl/N-ethyl adjacent to an activating group) is 1. The first-order valence-electron chi connectivity index (χ1n) is 11.1. The van der Waals surface area contributed by atoms with Crippen molar-refractivity contribution in [1.82, 2.24) is 9.88 Å². The second-order valence-electron chi connectivity index (χ2n) is 8.31. The predicted molar refractivity (Wildman–Crippen MR) is 139 cm³/mol. The normalized spacial score (nSPS) is 14.3. The van der Waals surface area contributed by atoms with Gasteiger partial charge in [0.2, 0.25) is 0 Å². The van der Waals surface area contributed by atoms with E-state index in [1.807, 2.05) is 6.07 Å². The van der Waals surface area contributed by atoms with E-state index in [-0.39, 0.29) is 22.6 Å². The van der Waals surface area contributed by atoms with Crippen molar-refractivity contribution in [2.24, 2.45) is 0 Å². The molecule has 2 heterocycles. The van der Waals surface area contributed by atoms with Crippen LogP contribution < -0.4 is 15.5 Å². The van der Waals surface area contributed by atoms with E-state index in [0.29, 0.717) is 15.9 Å². The van der Waals surface area contributed by atoms with Crippen LogP contribution in [0.2, 0.25) is 10.0 Å². The zero-order chi connectivity index (χ0) is 24.9. The number of aromatic nitrogens is 1. The Labute approximate surface area is 213 Å². The van der Waals surface area contributed by atoms with Crippen molar-refractivity contribution >= 4 is 52.2 Å². The van der Waals surface area contributed by atoms with Crippen LogP contribution in [0.4, 0.5) is 17.2 Å². The number of hydrogen-bond donors (Lipinski definition) is 3. The van der Waals surface area contributed by atoms with E-state index in [0.717, 1.165) is 38.3 Å². The van der Waals surface area contributed by atoms with Crippen LogP contribution >= 0.6 is 23.2 Å². The number of phenolic OH excluding ortho intramolecular Hbond substituents is 1. The Balaban J connectivity index is 1.51. The largest absolute Gasteiger partial charge is 0.507 e. The van der Waals surface area contributed by atoms with Crippen LogP contribution in [-0.4, -0.2) is 60.0 Å². The molecule has 0 unspecified atom stereocenters. The summed E-state index contributed by atoms with van der Waals surface area (Å²) in [6.07, 6.45) is 2.43. The summed E-state index contributed by atoms with van der Waals surface area (Å²) >= 11 is 11.9. The van der Waals surface area contributed by atoms with Crippen molar-refractivity contribution in [2.45, 2.75) is 6.42 Å². The lowest BCUT2D eigenvalue weighted by molar-refractivity contribution is 0.102. The van der Waals surface area contributed by atoms with Crippen molar-refractivity contribution < 1.29 is 14.7 Å². The molecule has 0 spiro atoms. The summed E-state index contributed by atoms with van der Waals surface area (Å²) in [5.74, 6) is -0.901. The number of aromatic hydroxyl groups is 1. The highest BCUT2D eigenvalue weighted by molar-refractivity contribution is 6.31. The maximum Gasteiger partial charge on any atom is 0.259 e. The minimum atomic E-state index is -0.550. The zero-order valence-electron chi connectivity index (χ0n) is 19.1. The van der Waals surface area contributed by atoms with E-state index in [2.05, 4.69) is 32.5 Å². The summed E-state index contributed by atoms with van der Waals surface area (Å²) in [6, 6.07) is 12.7. The van der Waals surface area contributed by atoms with Crippen LogP contribution in [0.15, 0.2) is 54.7 Å². The van der Waals surface area contributed by atoms with E-state index in [1.165, 1.54) is 18.3 Å². The lowest BCUT2D eigenvalue weighted by atomic mass is 10.1. The Morgan fingerprint density at radius 3 is 2.40 bits per heavy atom. The average Bonchev–Trinajstić information content (AvgIpc) is 3.06. The van der Waals surface area contributed by atoms with Crippen molar-refractivity contribution in [3.63, 3.8) is 0 Å². The minimum Gasteiger partial charge on any atom is -0.507 e. The second-order valence-corrected chi connectivity index (χ2v) is 9.18. The zero-order valence-corrected chi connectivity index (χ0v) is 20.6. The Morgan fingerprint density at radius 1 is 0.886 bits per heavy atom. The Kier molecular flexibility index (Phi) is 7.75. The summed E-state index contributed by atoms with van der Waals surface area (Å²) in [5.41, 5.74) is 1.34. The molecule has 3 N–H and O–H groups in total. The quantitative estimate of drug-likeness (QED) is 0.455. The second kappa shape index (κ2) is 10.9. The topological polar surface area (TPSA) is 97.8 Å². The summed E-state index contributed by atoms with van der Waals surface area (Å²) in [4.78, 5) is 34.4. The lowest BCUT2D eigenvalue weighted by Gasteiger charge is -2.23. The summed E-state index contributed by atoms with van der Waals surface area (Å²) in [7, 11) is 2.09. The number of halogens is 2. The highest BCUT2D eigenvalue weighted by atomic mass is 35.5. The number of nitrogens with one attached hydrogen (secondary N) is 2. The lowest BCUT2D eigenvalue weighted by Crippen LogP contribution is -2.28. The first kappa shape index (κ1) is 24.8. The standard InChI is InChI=1S/C25H25Cl2N5O3/c1-31-9-2-10-32(12-11-31)18-5-6-19(22(33)14-18)24(34)29-21-7-3-16(26)13-20(21)25(35)30-23-8-4-17(27)15-28-23/h3-8,13-15,33H,2,9-12H2,1H3,(H,29,34)(H,28,30,35). The van der Waals surface area contributed by atoms with Gasteiger partial charge in [0.15, 0.2) is 0 Å². The molecule has 182 valence electrons. The van der Waals surface area contributed by atoms with Gasteiger partial charge in [0.1, 0.15) is 11.6 Å². The smallest absolute Gasteiger partial charge is 0.259 e. The summed E-state index contributed by atoms with van der Waals surface area (Å²) in [5, 5.41) is 16.7. The number of hydrogen-bond acceptors (Lipinski definition) is 6. The number of phenols is 1. The number of anilines is 3. The molecule has 1 fully saturated rings. The fourth-order valence-corrected chi connectivity index (χ4v) is 4.13. The Bertz CT molecular complexity index is 1240. The third-order valence-corrected chi connectivity index (χ3v) is 6.21. The third-order valence-electron chi connectivity index (χ3n) is 5.75. The maximum atomic E-state index is 13.0. The van der Waals surface area contributed by atoms with Crippen molar-refractivity contribution in [1.29, 1.82) is 0 Å². The van der Waals surface area contributed by atoms with Gasteiger partial charge < -0.3 is 25.5 Å². The highest BCUT2D eigenvalue weighted by Crippen LogP contribution is 2.28. The minimum absolute atomic E-state index is 0.0985. The van der Waals surface area contributed by atoms with Gasteiger partial charge in [-0.05, 0) is 62.5 Å². The molecule has 3 aromatic rings. The molecule has 1 saturated heterocycles. The molecule has 0 bridgehead atoms. The molecule has 2 aromatic carbocycles. The van der Waals surface area contributed by atoms with Crippen LogP contribution in [0.5, 0.6) is 5.75 Å². The monoisotopic (exact) mass is 513 g/mol. The molecule has 0 aliphatic carbocycles. The van der Waals surface area contributed by atoms with Gasteiger partial charge in [-0.25, -0.2) is 4.98 Å². The van der Waals surface area contributed by atoms with Gasteiger partial charge in [0, 0.05) is 42.6 Å². The molecule has 4 rings (SSSR count). The molecular weight excluding hydrogens is 489 g/mol. The molecule has 1 aliphatic heterocycles. The van der Waals surface area contributed by atoms with E-state index in [4.69, 9.17) is 23.2 Å². The molecule has 2 amide bonds. The molecule has 10 heteroatoms. The van der Waals surface area contributed by atoms with Gasteiger partial charge in [-0.15, -0.1) is 0 Å². The van der Waals surface area contributed by atoms with Crippen molar-refractivity contribution in [2.75, 3.05) is 48.8 Å². The molecule has 1 aromatic heterocycles. The SMILES string of the molecule is CN1CCCN(c2ccc(C(=O)Nc3ccc(Cl)cc3C(=O)Nc3ccc(Cl)cn3)c(O)c2)CC1. The number of carbonyl (C=O) groups is 2. The van der Waals surface area contributed by atoms with Gasteiger partial charge >= 0.3 is 0 Å². The number of carbonyl (C=O) groups excluding carboxylic acids is 2. The molecule has 0 saturated carbocycles.